The van der Waals surface area contributed by atoms with Crippen molar-refractivity contribution in [2.75, 3.05) is 13.1 Å². The van der Waals surface area contributed by atoms with Crippen molar-refractivity contribution in [2.24, 2.45) is 5.41 Å². The van der Waals surface area contributed by atoms with Gasteiger partial charge in [0.1, 0.15) is 0 Å². The minimum Gasteiger partial charge on any atom is -0.315 e. The van der Waals surface area contributed by atoms with E-state index in [1.165, 1.54) is 18.4 Å². The summed E-state index contributed by atoms with van der Waals surface area (Å²) < 4.78 is 0. The second-order valence-electron chi connectivity index (χ2n) is 6.76. The van der Waals surface area contributed by atoms with E-state index in [-0.39, 0.29) is 0 Å². The second kappa shape index (κ2) is 4.45. The average molecular weight is 231 g/mol. The van der Waals surface area contributed by atoms with Gasteiger partial charge >= 0.3 is 0 Å². The van der Waals surface area contributed by atoms with Gasteiger partial charge in [0.15, 0.2) is 0 Å². The largest absolute Gasteiger partial charge is 0.315 e. The smallest absolute Gasteiger partial charge is 0.0205 e. The molecule has 1 heteroatoms. The van der Waals surface area contributed by atoms with Crippen molar-refractivity contribution < 1.29 is 0 Å². The molecule has 1 aromatic carbocycles. The predicted octanol–water partition coefficient (Wildman–Crippen LogP) is 3.66. The molecule has 94 valence electrons. The molecule has 0 bridgehead atoms. The summed E-state index contributed by atoms with van der Waals surface area (Å²) in [4.78, 5) is 0. The highest BCUT2D eigenvalue weighted by molar-refractivity contribution is 5.36. The molecule has 0 atom stereocenters. The van der Waals surface area contributed by atoms with E-state index in [4.69, 9.17) is 0 Å². The van der Waals surface area contributed by atoms with E-state index in [9.17, 15) is 0 Å². The van der Waals surface area contributed by atoms with Crippen LogP contribution in [0.2, 0.25) is 0 Å². The molecule has 1 aliphatic heterocycles. The first-order chi connectivity index (χ1) is 7.93. The minimum atomic E-state index is 0.401. The fourth-order valence-corrected chi connectivity index (χ4v) is 2.71. The van der Waals surface area contributed by atoms with Crippen LogP contribution in [0.15, 0.2) is 24.3 Å². The highest BCUT2D eigenvalue weighted by atomic mass is 15.0. The van der Waals surface area contributed by atoms with Gasteiger partial charge in [0.05, 0.1) is 0 Å². The van der Waals surface area contributed by atoms with E-state index in [1.807, 2.05) is 0 Å². The summed E-state index contributed by atoms with van der Waals surface area (Å²) in [7, 11) is 0. The topological polar surface area (TPSA) is 12.0 Å². The molecule has 0 spiro atoms. The fourth-order valence-electron chi connectivity index (χ4n) is 2.71. The van der Waals surface area contributed by atoms with E-state index >= 15 is 0 Å². The van der Waals surface area contributed by atoms with Crippen LogP contribution < -0.4 is 5.32 Å². The van der Waals surface area contributed by atoms with Gasteiger partial charge in [-0.2, -0.15) is 0 Å². The van der Waals surface area contributed by atoms with Gasteiger partial charge in [0.2, 0.25) is 0 Å². The first-order valence-corrected chi connectivity index (χ1v) is 6.70. The number of hydrogen-bond donors (Lipinski definition) is 1. The lowest BCUT2D eigenvalue weighted by Crippen LogP contribution is -2.57. The summed E-state index contributed by atoms with van der Waals surface area (Å²) in [5, 5.41) is 3.46. The number of aryl methyl sites for hydroxylation is 1. The monoisotopic (exact) mass is 231 g/mol. The summed E-state index contributed by atoms with van der Waals surface area (Å²) >= 11 is 0. The van der Waals surface area contributed by atoms with Crippen LogP contribution in [-0.4, -0.2) is 13.1 Å². The molecule has 2 rings (SSSR count). The number of nitrogens with one attached hydrogen (secondary N) is 1. The molecule has 0 saturated carbocycles. The van der Waals surface area contributed by atoms with Gasteiger partial charge in [-0.3, -0.25) is 0 Å². The maximum absolute atomic E-state index is 3.46. The zero-order valence-electron chi connectivity index (χ0n) is 11.6. The van der Waals surface area contributed by atoms with E-state index in [2.05, 4.69) is 57.3 Å². The van der Waals surface area contributed by atoms with Crippen molar-refractivity contribution in [1.82, 2.24) is 5.32 Å². The Kier molecular flexibility index (Phi) is 3.31. The minimum absolute atomic E-state index is 0.401. The lowest BCUT2D eigenvalue weighted by Gasteiger charge is -2.45. The van der Waals surface area contributed by atoms with Crippen molar-refractivity contribution in [2.45, 2.75) is 46.0 Å². The Bertz CT molecular complexity index is 383. The van der Waals surface area contributed by atoms with Crippen LogP contribution in [-0.2, 0) is 5.41 Å². The second-order valence-corrected chi connectivity index (χ2v) is 6.76. The van der Waals surface area contributed by atoms with Gasteiger partial charge in [-0.15, -0.1) is 0 Å². The van der Waals surface area contributed by atoms with E-state index in [0.29, 0.717) is 10.8 Å². The third-order valence-electron chi connectivity index (χ3n) is 4.00. The Balaban J connectivity index is 2.18. The highest BCUT2D eigenvalue weighted by Gasteiger charge is 2.39. The van der Waals surface area contributed by atoms with E-state index in [1.54, 1.807) is 5.56 Å². The van der Waals surface area contributed by atoms with Crippen LogP contribution in [0.1, 0.15) is 44.7 Å². The molecule has 0 amide bonds. The number of benzene rings is 1. The quantitative estimate of drug-likeness (QED) is 0.837. The first kappa shape index (κ1) is 12.6. The van der Waals surface area contributed by atoms with Gasteiger partial charge in [0.25, 0.3) is 0 Å². The zero-order valence-corrected chi connectivity index (χ0v) is 11.6. The summed E-state index contributed by atoms with van der Waals surface area (Å²) in [5.74, 6) is 0. The third kappa shape index (κ3) is 2.71. The van der Waals surface area contributed by atoms with Crippen molar-refractivity contribution in [3.8, 4) is 0 Å². The Hall–Kier alpha value is -0.820. The first-order valence-electron chi connectivity index (χ1n) is 6.70. The van der Waals surface area contributed by atoms with Crippen LogP contribution in [0.25, 0.3) is 0 Å². The van der Waals surface area contributed by atoms with Gasteiger partial charge in [-0.1, -0.05) is 45.0 Å². The maximum Gasteiger partial charge on any atom is 0.0205 e. The fraction of sp³-hybridized carbons (Fsp3) is 0.625. The average Bonchev–Trinajstić information content (AvgIpc) is 2.17. The molecule has 1 saturated heterocycles. The summed E-state index contributed by atoms with van der Waals surface area (Å²) in [6.45, 7) is 11.5. The lowest BCUT2D eigenvalue weighted by molar-refractivity contribution is 0.215. The summed E-state index contributed by atoms with van der Waals surface area (Å²) in [6.07, 6.45) is 2.59. The van der Waals surface area contributed by atoms with Gasteiger partial charge in [-0.25, -0.2) is 0 Å². The van der Waals surface area contributed by atoms with E-state index in [0.717, 1.165) is 13.1 Å². The van der Waals surface area contributed by atoms with Crippen LogP contribution >= 0.6 is 0 Å². The molecule has 1 heterocycles. The molecule has 1 aliphatic rings. The normalized spacial score (nSPS) is 18.8. The summed E-state index contributed by atoms with van der Waals surface area (Å²) in [6, 6.07) is 8.88. The SMILES string of the molecule is Cc1ccccc1C1(CCC(C)(C)C)CNC1. The van der Waals surface area contributed by atoms with Gasteiger partial charge in [0, 0.05) is 18.5 Å². The molecular weight excluding hydrogens is 206 g/mol. The van der Waals surface area contributed by atoms with Crippen molar-refractivity contribution in [3.05, 3.63) is 35.4 Å². The molecule has 0 radical (unpaired) electrons. The lowest BCUT2D eigenvalue weighted by atomic mass is 9.68. The van der Waals surface area contributed by atoms with Gasteiger partial charge < -0.3 is 5.32 Å². The number of rotatable bonds is 3. The van der Waals surface area contributed by atoms with Crippen LogP contribution in [0.4, 0.5) is 0 Å². The van der Waals surface area contributed by atoms with Crippen molar-refractivity contribution in [3.63, 3.8) is 0 Å². The molecular formula is C16H25N. The summed E-state index contributed by atoms with van der Waals surface area (Å²) in [5.41, 5.74) is 3.84. The molecule has 17 heavy (non-hydrogen) atoms. The zero-order chi connectivity index (χ0) is 12.5. The van der Waals surface area contributed by atoms with Crippen LogP contribution in [0.3, 0.4) is 0 Å². The Morgan fingerprint density at radius 1 is 1.18 bits per heavy atom. The molecule has 0 unspecified atom stereocenters. The van der Waals surface area contributed by atoms with Crippen molar-refractivity contribution in [1.29, 1.82) is 0 Å². The van der Waals surface area contributed by atoms with Crippen molar-refractivity contribution >= 4 is 0 Å². The Labute approximate surface area is 106 Å². The molecule has 1 N–H and O–H groups in total. The highest BCUT2D eigenvalue weighted by Crippen LogP contribution is 2.38. The Morgan fingerprint density at radius 2 is 1.82 bits per heavy atom. The van der Waals surface area contributed by atoms with Gasteiger partial charge in [-0.05, 0) is 36.3 Å². The molecule has 1 aromatic rings. The molecule has 1 fully saturated rings. The van der Waals surface area contributed by atoms with Crippen LogP contribution in [0.5, 0.6) is 0 Å². The van der Waals surface area contributed by atoms with E-state index < -0.39 is 0 Å². The van der Waals surface area contributed by atoms with Crippen LogP contribution in [0, 0.1) is 12.3 Å². The predicted molar refractivity (Wildman–Crippen MR) is 74.4 cm³/mol. The molecule has 1 nitrogen and oxygen atoms in total. The maximum atomic E-state index is 3.46. The molecule has 0 aromatic heterocycles. The molecule has 0 aliphatic carbocycles. The Morgan fingerprint density at radius 3 is 2.29 bits per heavy atom. The third-order valence-corrected chi connectivity index (χ3v) is 4.00. The standard InChI is InChI=1S/C16H25N/c1-13-7-5-6-8-14(13)16(11-17-12-16)10-9-15(2,3)4/h5-8,17H,9-12H2,1-4H3. The number of hydrogen-bond acceptors (Lipinski definition) is 1.